The zero-order valence-electron chi connectivity index (χ0n) is 44.9. The van der Waals surface area contributed by atoms with Gasteiger partial charge in [-0.1, -0.05) is 79.4 Å². The number of allylic oxidation sites excluding steroid dienone is 6. The van der Waals surface area contributed by atoms with E-state index in [4.69, 9.17) is 15.7 Å². The molecule has 1 aromatic heterocycles. The van der Waals surface area contributed by atoms with Crippen LogP contribution in [0, 0.1) is 0 Å². The molecule has 2 aliphatic rings. The van der Waals surface area contributed by atoms with Crippen molar-refractivity contribution in [2.75, 3.05) is 0 Å². The maximum absolute atomic E-state index is 7.10. The Balaban J connectivity index is 0.962. The van der Waals surface area contributed by atoms with Gasteiger partial charge in [0.25, 0.3) is 0 Å². The second kappa shape index (κ2) is 21.3. The number of nitrogens with two attached hydrogens (primary N) is 1. The van der Waals surface area contributed by atoms with Crippen molar-refractivity contribution in [2.45, 2.75) is 0 Å². The van der Waals surface area contributed by atoms with Crippen LogP contribution in [-0.4, -0.2) is 20.5 Å². The number of nitrogens with one attached hydrogen (secondary N) is 1. The third-order valence-electron chi connectivity index (χ3n) is 16.5. The number of H-pyrrole nitrogens is 1. The number of benzene rings is 12. The number of aliphatic imine (C=N–C) groups is 2. The number of halogens is 4. The summed E-state index contributed by atoms with van der Waals surface area (Å²) in [5.74, 6) is 0. The molecule has 0 spiro atoms. The zero-order valence-corrected chi connectivity index (χ0v) is 54.2. The minimum atomic E-state index is 0.529. The van der Waals surface area contributed by atoms with Gasteiger partial charge < -0.3 is 5.73 Å². The van der Waals surface area contributed by atoms with E-state index in [1.807, 2.05) is 0 Å². The maximum atomic E-state index is 7.10. The SMILES string of the molecule is C=C/C(N)=C(C1=N/C(=C(\c2ccc(/C(=C3/C=CC([C](=[Zn])c4cccc5cc6ccccc6c(Br)c45)=N3)c3cccc4cc5ccccc5c(Br)c34)[nH]2)c2cccc3cc4ccccc4c(Br)c23)C=C1)\c1cccc2cc3ccccc3c(Br)c12. The third-order valence-corrected chi connectivity index (χ3v) is 21.4. The second-order valence-corrected chi connectivity index (χ2v) is 25.9. The molecule has 0 unspecified atom stereocenters. The molecule has 0 radical (unpaired) electrons. The molecular weight excluding hydrogens is 1340 g/mol. The minimum absolute atomic E-state index is 0.529. The summed E-state index contributed by atoms with van der Waals surface area (Å²) in [5, 5.41) is 18.2. The standard InChI is InChI=1S/C75H44Br4N4.Zn/c1-2-59(80)69(56-28-12-21-47-38-43-16-4-8-25-53(43)73(77)66(47)56)60-33-34-63(82-60)71(58-30-14-23-49-40-45-18-6-10-27-55(45)75(79)68(49)58)64-36-35-62(83-64)70(57-29-13-22-48-39-44-17-5-9-26-54(44)74(78)67(48)57)61-32-31-51(81-61)41-50-20-11-19-46-37-42-15-3-7-24-52(42)72(76)65(46)50;/h2-40,83H,1,80H2;/b69-59-,70-61-,71-63-;. The van der Waals surface area contributed by atoms with E-state index in [1.54, 1.807) is 6.08 Å². The molecule has 0 amide bonds. The van der Waals surface area contributed by atoms with Crippen molar-refractivity contribution in [2.24, 2.45) is 15.7 Å². The molecule has 0 atom stereocenters. The summed E-state index contributed by atoms with van der Waals surface area (Å²) in [4.78, 5) is 15.4. The van der Waals surface area contributed by atoms with Gasteiger partial charge in [0.1, 0.15) is 0 Å². The van der Waals surface area contributed by atoms with Gasteiger partial charge in [-0.25, -0.2) is 0 Å². The van der Waals surface area contributed by atoms with Crippen LogP contribution in [0.1, 0.15) is 33.6 Å². The van der Waals surface area contributed by atoms with E-state index in [-0.39, 0.29) is 0 Å². The number of hydrogen-bond acceptors (Lipinski definition) is 3. The molecule has 3 heterocycles. The fourth-order valence-electron chi connectivity index (χ4n) is 12.6. The normalized spacial score (nSPS) is 14.9. The average molecular weight is 1390 g/mol. The molecule has 15 rings (SSSR count). The zero-order chi connectivity index (χ0) is 56.9. The fourth-order valence-corrected chi connectivity index (χ4v) is 16.9. The summed E-state index contributed by atoms with van der Waals surface area (Å²) in [5.41, 5.74) is 19.7. The molecule has 13 aromatic rings. The molecular formula is C75H44Br4N4Zn. The Morgan fingerprint density at radius 3 is 1.14 bits per heavy atom. The molecule has 4 nitrogen and oxygen atoms in total. The molecule has 12 aromatic carbocycles. The van der Waals surface area contributed by atoms with E-state index in [0.29, 0.717) is 5.70 Å². The van der Waals surface area contributed by atoms with Crippen molar-refractivity contribution in [3.05, 3.63) is 312 Å². The van der Waals surface area contributed by atoms with Crippen molar-refractivity contribution in [1.29, 1.82) is 0 Å². The van der Waals surface area contributed by atoms with Crippen LogP contribution >= 0.6 is 63.7 Å². The van der Waals surface area contributed by atoms with Crippen molar-refractivity contribution >= 4 is 182 Å². The predicted octanol–water partition coefficient (Wildman–Crippen LogP) is 21.2. The summed E-state index contributed by atoms with van der Waals surface area (Å²) >= 11 is 17.4. The molecule has 0 aliphatic carbocycles. The van der Waals surface area contributed by atoms with Crippen LogP contribution in [0.25, 0.3) is 103 Å². The first kappa shape index (κ1) is 52.8. The Hall–Kier alpha value is -8.01. The molecule has 2 aliphatic heterocycles. The number of nitrogens with zero attached hydrogens (tertiary/aromatic N) is 2. The second-order valence-electron chi connectivity index (χ2n) is 21.2. The number of fused-ring (bicyclic) bond motifs is 8. The topological polar surface area (TPSA) is 66.5 Å². The Labute approximate surface area is 527 Å². The van der Waals surface area contributed by atoms with Gasteiger partial charge in [-0.05, 0) is 82.6 Å². The van der Waals surface area contributed by atoms with Gasteiger partial charge >= 0.3 is 344 Å². The first-order chi connectivity index (χ1) is 41.1. The average Bonchev–Trinajstić information content (AvgIpc) is 2.92. The van der Waals surface area contributed by atoms with Gasteiger partial charge in [-0.2, -0.15) is 0 Å². The van der Waals surface area contributed by atoms with E-state index in [2.05, 4.69) is 306 Å². The molecule has 0 bridgehead atoms. The van der Waals surface area contributed by atoms with E-state index in [1.165, 1.54) is 36.6 Å². The number of aromatic amines is 1. The summed E-state index contributed by atoms with van der Waals surface area (Å²) in [6.45, 7) is 4.20. The molecule has 9 heteroatoms. The first-order valence-corrected chi connectivity index (χ1v) is 32.2. The first-order valence-electron chi connectivity index (χ1n) is 27.6. The van der Waals surface area contributed by atoms with Crippen molar-refractivity contribution in [3.8, 4) is 0 Å². The van der Waals surface area contributed by atoms with Crippen LogP contribution in [0.5, 0.6) is 0 Å². The number of aromatic nitrogens is 1. The summed E-state index contributed by atoms with van der Waals surface area (Å²) in [6, 6.07) is 73.8. The van der Waals surface area contributed by atoms with Gasteiger partial charge in [0.05, 0.1) is 0 Å². The Bertz CT molecular complexity index is 5360. The summed E-state index contributed by atoms with van der Waals surface area (Å²) in [7, 11) is 0. The van der Waals surface area contributed by atoms with Crippen LogP contribution in [-0.2, 0) is 17.9 Å². The van der Waals surface area contributed by atoms with Crippen molar-refractivity contribution in [3.63, 3.8) is 0 Å². The Morgan fingerprint density at radius 2 is 0.726 bits per heavy atom. The van der Waals surface area contributed by atoms with Gasteiger partial charge in [0, 0.05) is 21.1 Å². The smallest absolute Gasteiger partial charge is 0.0616 e. The summed E-state index contributed by atoms with van der Waals surface area (Å²) in [6.07, 6.45) is 10.3. The van der Waals surface area contributed by atoms with Gasteiger partial charge in [-0.3, -0.25) is 0 Å². The van der Waals surface area contributed by atoms with Crippen LogP contribution in [0.15, 0.2) is 288 Å². The predicted molar refractivity (Wildman–Crippen MR) is 368 cm³/mol. The van der Waals surface area contributed by atoms with Crippen molar-refractivity contribution < 1.29 is 17.9 Å². The fraction of sp³-hybridized carbons (Fsp3) is 0. The monoisotopic (exact) mass is 1380 g/mol. The summed E-state index contributed by atoms with van der Waals surface area (Å²) < 4.78 is 5.35. The van der Waals surface area contributed by atoms with Crippen molar-refractivity contribution in [1.82, 2.24) is 4.98 Å². The quantitative estimate of drug-likeness (QED) is 0.0844. The molecule has 84 heavy (non-hydrogen) atoms. The van der Waals surface area contributed by atoms with E-state index in [0.717, 1.165) is 163 Å². The van der Waals surface area contributed by atoms with Crippen LogP contribution < -0.4 is 5.73 Å². The van der Waals surface area contributed by atoms with Crippen LogP contribution in [0.3, 0.4) is 0 Å². The van der Waals surface area contributed by atoms with Crippen LogP contribution in [0.2, 0.25) is 0 Å². The third kappa shape index (κ3) is 8.69. The van der Waals surface area contributed by atoms with Crippen LogP contribution in [0.4, 0.5) is 0 Å². The van der Waals surface area contributed by atoms with E-state index < -0.39 is 0 Å². The molecule has 0 fully saturated rings. The Kier molecular flexibility index (Phi) is 13.4. The van der Waals surface area contributed by atoms with Gasteiger partial charge in [-0.15, -0.1) is 0 Å². The van der Waals surface area contributed by atoms with E-state index >= 15 is 0 Å². The number of rotatable bonds is 9. The number of hydrogen-bond donors (Lipinski definition) is 2. The minimum Gasteiger partial charge on any atom is -0.0616 e. The van der Waals surface area contributed by atoms with Gasteiger partial charge in [0.2, 0.25) is 0 Å². The molecule has 0 saturated carbocycles. The Morgan fingerprint density at radius 1 is 0.393 bits per heavy atom. The molecule has 3 N–H and O–H groups in total. The van der Waals surface area contributed by atoms with E-state index in [9.17, 15) is 0 Å². The molecule has 394 valence electrons. The van der Waals surface area contributed by atoms with Gasteiger partial charge in [0.15, 0.2) is 0 Å². The molecule has 0 saturated heterocycles.